The minimum atomic E-state index is -0.504. The van der Waals surface area contributed by atoms with Gasteiger partial charge < -0.3 is 9.84 Å². The van der Waals surface area contributed by atoms with E-state index in [4.69, 9.17) is 4.74 Å². The highest BCUT2D eigenvalue weighted by Crippen LogP contribution is 2.42. The molecule has 3 saturated heterocycles. The van der Waals surface area contributed by atoms with E-state index in [2.05, 4.69) is 22.5 Å². The number of nitrogens with zero attached hydrogens (tertiary/aromatic N) is 2. The molecule has 0 amide bonds. The van der Waals surface area contributed by atoms with Gasteiger partial charge in [-0.05, 0) is 61.1 Å². The van der Waals surface area contributed by atoms with Gasteiger partial charge in [0.15, 0.2) is 0 Å². The fraction of sp³-hybridized carbons (Fsp3) is 0.450. The molecule has 5 atom stereocenters. The molecule has 4 nitrogen and oxygen atoms in total. The molecule has 0 saturated carbocycles. The SMILES string of the molecule is C=CC1CN2CCC1CC2C(O)c1ccnc2ccc(OC)cc12.Cl.Cl. The van der Waals surface area contributed by atoms with E-state index >= 15 is 0 Å². The number of ether oxygens (including phenoxy) is 1. The number of pyridine rings is 1. The molecule has 1 N–H and O–H groups in total. The molecule has 4 heterocycles. The van der Waals surface area contributed by atoms with Gasteiger partial charge >= 0.3 is 0 Å². The Balaban J connectivity index is 0.00000121. The Kier molecular flexibility index (Phi) is 6.92. The first kappa shape index (κ1) is 21.0. The van der Waals surface area contributed by atoms with E-state index in [1.165, 1.54) is 6.42 Å². The number of methoxy groups -OCH3 is 1. The summed E-state index contributed by atoms with van der Waals surface area (Å²) in [4.78, 5) is 6.86. The van der Waals surface area contributed by atoms with Crippen molar-refractivity contribution in [2.24, 2.45) is 11.8 Å². The Morgan fingerprint density at radius 1 is 1.35 bits per heavy atom. The number of aliphatic hydroxyl groups is 1. The molecule has 142 valence electrons. The lowest BCUT2D eigenvalue weighted by atomic mass is 9.73. The van der Waals surface area contributed by atoms with Crippen LogP contribution in [0.25, 0.3) is 10.9 Å². The fourth-order valence-electron chi connectivity index (χ4n) is 4.44. The quantitative estimate of drug-likeness (QED) is 0.792. The second-order valence-electron chi connectivity index (χ2n) is 6.97. The zero-order valence-electron chi connectivity index (χ0n) is 14.9. The lowest BCUT2D eigenvalue weighted by molar-refractivity contribution is -0.0444. The summed E-state index contributed by atoms with van der Waals surface area (Å²) >= 11 is 0. The van der Waals surface area contributed by atoms with Crippen LogP contribution in [-0.4, -0.2) is 41.2 Å². The van der Waals surface area contributed by atoms with Gasteiger partial charge in [-0.1, -0.05) is 6.08 Å². The monoisotopic (exact) mass is 396 g/mol. The van der Waals surface area contributed by atoms with E-state index in [-0.39, 0.29) is 30.9 Å². The summed E-state index contributed by atoms with van der Waals surface area (Å²) in [7, 11) is 1.66. The average Bonchev–Trinajstić information content (AvgIpc) is 2.66. The molecule has 6 heteroatoms. The van der Waals surface area contributed by atoms with Crippen LogP contribution >= 0.6 is 24.8 Å². The van der Waals surface area contributed by atoms with Crippen LogP contribution in [0.15, 0.2) is 43.1 Å². The molecule has 0 spiro atoms. The fourth-order valence-corrected chi connectivity index (χ4v) is 4.44. The minimum Gasteiger partial charge on any atom is -0.497 e. The summed E-state index contributed by atoms with van der Waals surface area (Å²) < 4.78 is 5.35. The van der Waals surface area contributed by atoms with Crippen molar-refractivity contribution in [2.75, 3.05) is 20.2 Å². The smallest absolute Gasteiger partial charge is 0.119 e. The van der Waals surface area contributed by atoms with Crippen molar-refractivity contribution < 1.29 is 9.84 Å². The maximum Gasteiger partial charge on any atom is 0.119 e. The molecule has 2 aromatic rings. The Morgan fingerprint density at radius 3 is 2.81 bits per heavy atom. The zero-order chi connectivity index (χ0) is 16.7. The van der Waals surface area contributed by atoms with Crippen LogP contribution in [0.5, 0.6) is 5.75 Å². The van der Waals surface area contributed by atoms with E-state index in [0.29, 0.717) is 11.8 Å². The van der Waals surface area contributed by atoms with Gasteiger partial charge in [0, 0.05) is 24.2 Å². The van der Waals surface area contributed by atoms with Crippen molar-refractivity contribution in [3.8, 4) is 5.75 Å². The van der Waals surface area contributed by atoms with Gasteiger partial charge in [-0.3, -0.25) is 9.88 Å². The highest BCUT2D eigenvalue weighted by molar-refractivity contribution is 5.85. The number of aliphatic hydroxyl groups excluding tert-OH is 1. The molecule has 26 heavy (non-hydrogen) atoms. The van der Waals surface area contributed by atoms with E-state index in [1.807, 2.05) is 24.3 Å². The number of halogens is 2. The number of piperidine rings is 3. The topological polar surface area (TPSA) is 45.6 Å². The van der Waals surface area contributed by atoms with Crippen LogP contribution in [0.4, 0.5) is 0 Å². The van der Waals surface area contributed by atoms with Crippen LogP contribution in [0.2, 0.25) is 0 Å². The number of hydrogen-bond acceptors (Lipinski definition) is 4. The van der Waals surface area contributed by atoms with Gasteiger partial charge in [-0.15, -0.1) is 31.4 Å². The van der Waals surface area contributed by atoms with Crippen LogP contribution in [-0.2, 0) is 0 Å². The third-order valence-corrected chi connectivity index (χ3v) is 5.82. The third kappa shape index (κ3) is 3.56. The molecule has 0 radical (unpaired) electrons. The molecule has 3 fully saturated rings. The second kappa shape index (κ2) is 8.57. The summed E-state index contributed by atoms with van der Waals surface area (Å²) in [6, 6.07) is 7.96. The molecular formula is C20H26Cl2N2O2. The standard InChI is InChI=1S/C20H24N2O2.2ClH/c1-3-13-12-22-9-7-14(13)10-19(22)20(23)16-6-8-21-18-5-4-15(24-2)11-17(16)18;;/h3-6,8,11,13-14,19-20,23H,1,7,9-10,12H2,2H3;2*1H. The Morgan fingerprint density at radius 2 is 2.15 bits per heavy atom. The number of fused-ring (bicyclic) bond motifs is 4. The first-order chi connectivity index (χ1) is 11.7. The van der Waals surface area contributed by atoms with Gasteiger partial charge in [0.2, 0.25) is 0 Å². The van der Waals surface area contributed by atoms with Gasteiger partial charge in [-0.2, -0.15) is 0 Å². The predicted molar refractivity (Wildman–Crippen MR) is 110 cm³/mol. The van der Waals surface area contributed by atoms with Crippen molar-refractivity contribution in [3.05, 3.63) is 48.7 Å². The maximum atomic E-state index is 11.2. The summed E-state index contributed by atoms with van der Waals surface area (Å²) in [6.45, 7) is 6.07. The summed E-state index contributed by atoms with van der Waals surface area (Å²) in [5.41, 5.74) is 1.85. The van der Waals surface area contributed by atoms with Crippen LogP contribution < -0.4 is 4.74 Å². The van der Waals surface area contributed by atoms with Gasteiger partial charge in [-0.25, -0.2) is 0 Å². The lowest BCUT2D eigenvalue weighted by Gasteiger charge is -2.50. The normalized spacial score (nSPS) is 27.9. The largest absolute Gasteiger partial charge is 0.497 e. The molecule has 3 aliphatic rings. The summed E-state index contributed by atoms with van der Waals surface area (Å²) in [5, 5.41) is 12.1. The molecular weight excluding hydrogens is 371 g/mol. The van der Waals surface area contributed by atoms with Gasteiger partial charge in [0.25, 0.3) is 0 Å². The van der Waals surface area contributed by atoms with Crippen molar-refractivity contribution in [1.82, 2.24) is 9.88 Å². The van der Waals surface area contributed by atoms with E-state index < -0.39 is 6.10 Å². The molecule has 0 aliphatic carbocycles. The summed E-state index contributed by atoms with van der Waals surface area (Å²) in [6.07, 6.45) is 5.62. The Bertz CT molecular complexity index is 771. The highest BCUT2D eigenvalue weighted by atomic mass is 35.5. The highest BCUT2D eigenvalue weighted by Gasteiger charge is 2.42. The van der Waals surface area contributed by atoms with Crippen LogP contribution in [0.3, 0.4) is 0 Å². The zero-order valence-corrected chi connectivity index (χ0v) is 16.5. The first-order valence-electron chi connectivity index (χ1n) is 8.68. The van der Waals surface area contributed by atoms with Gasteiger partial charge in [0.05, 0.1) is 18.7 Å². The molecule has 5 rings (SSSR count). The Hall–Kier alpha value is -1.33. The first-order valence-corrected chi connectivity index (χ1v) is 8.68. The van der Waals surface area contributed by atoms with Gasteiger partial charge in [0.1, 0.15) is 5.75 Å². The Labute approximate surface area is 167 Å². The number of rotatable bonds is 4. The van der Waals surface area contributed by atoms with Crippen molar-refractivity contribution >= 4 is 35.7 Å². The summed E-state index contributed by atoms with van der Waals surface area (Å²) in [5.74, 6) is 2.01. The van der Waals surface area contributed by atoms with Crippen LogP contribution in [0.1, 0.15) is 24.5 Å². The number of hydrogen-bond donors (Lipinski definition) is 1. The van der Waals surface area contributed by atoms with E-state index in [1.54, 1.807) is 13.3 Å². The molecule has 1 aromatic carbocycles. The number of aromatic nitrogens is 1. The molecule has 5 unspecified atom stereocenters. The second-order valence-corrected chi connectivity index (χ2v) is 6.97. The molecule has 1 aromatic heterocycles. The average molecular weight is 397 g/mol. The third-order valence-electron chi connectivity index (χ3n) is 5.82. The van der Waals surface area contributed by atoms with Crippen molar-refractivity contribution in [3.63, 3.8) is 0 Å². The van der Waals surface area contributed by atoms with Crippen molar-refractivity contribution in [2.45, 2.75) is 25.0 Å². The molecule has 2 bridgehead atoms. The number of benzene rings is 1. The van der Waals surface area contributed by atoms with E-state index in [0.717, 1.165) is 41.7 Å². The maximum absolute atomic E-state index is 11.2. The molecule has 3 aliphatic heterocycles. The van der Waals surface area contributed by atoms with Crippen molar-refractivity contribution in [1.29, 1.82) is 0 Å². The van der Waals surface area contributed by atoms with E-state index in [9.17, 15) is 5.11 Å². The predicted octanol–water partition coefficient (Wildman–Crippen LogP) is 4.02. The minimum absolute atomic E-state index is 0. The van der Waals surface area contributed by atoms with Crippen LogP contribution in [0, 0.1) is 11.8 Å². The lowest BCUT2D eigenvalue weighted by Crippen LogP contribution is -2.54.